The molecule has 3 aromatic rings. The number of hydrogen-bond acceptors (Lipinski definition) is 4. The average molecular weight is 349 g/mol. The summed E-state index contributed by atoms with van der Waals surface area (Å²) in [6.45, 7) is 3.51. The zero-order valence-electron chi connectivity index (χ0n) is 14.5. The number of rotatable bonds is 3. The molecule has 0 unspecified atom stereocenters. The van der Waals surface area contributed by atoms with E-state index in [4.69, 9.17) is 0 Å². The van der Waals surface area contributed by atoms with Crippen molar-refractivity contribution in [1.29, 1.82) is 0 Å². The van der Waals surface area contributed by atoms with Crippen molar-refractivity contribution in [2.24, 2.45) is 0 Å². The van der Waals surface area contributed by atoms with Crippen LogP contribution < -0.4 is 5.32 Å². The number of benzene rings is 1. The van der Waals surface area contributed by atoms with Crippen LogP contribution in [0.1, 0.15) is 39.3 Å². The summed E-state index contributed by atoms with van der Waals surface area (Å²) in [5.41, 5.74) is 3.06. The van der Waals surface area contributed by atoms with Crippen LogP contribution in [-0.4, -0.2) is 44.4 Å². The maximum atomic E-state index is 12.5. The summed E-state index contributed by atoms with van der Waals surface area (Å²) in [4.78, 5) is 31.0. The normalized spacial score (nSPS) is 14.0. The number of likely N-dealkylation sites (tertiary alicyclic amines) is 1. The molecule has 4 rings (SSSR count). The number of fused-ring (bicyclic) bond motifs is 1. The van der Waals surface area contributed by atoms with Crippen LogP contribution in [0.3, 0.4) is 0 Å². The molecule has 2 aromatic heterocycles. The summed E-state index contributed by atoms with van der Waals surface area (Å²) in [5, 5.41) is 7.07. The summed E-state index contributed by atoms with van der Waals surface area (Å²) in [6, 6.07) is 8.73. The van der Waals surface area contributed by atoms with E-state index in [-0.39, 0.29) is 11.8 Å². The molecule has 0 spiro atoms. The number of carbonyl (C=O) groups is 2. The third kappa shape index (κ3) is 3.03. The maximum Gasteiger partial charge on any atom is 0.276 e. The molecule has 2 amide bonds. The Morgan fingerprint density at radius 1 is 1.15 bits per heavy atom. The predicted molar refractivity (Wildman–Crippen MR) is 97.3 cm³/mol. The summed E-state index contributed by atoms with van der Waals surface area (Å²) in [7, 11) is 0. The molecule has 0 saturated carbocycles. The van der Waals surface area contributed by atoms with Crippen LogP contribution in [0.4, 0.5) is 5.69 Å². The monoisotopic (exact) mass is 349 g/mol. The number of amides is 2. The van der Waals surface area contributed by atoms with Gasteiger partial charge in [0.05, 0.1) is 0 Å². The summed E-state index contributed by atoms with van der Waals surface area (Å²) >= 11 is 0. The number of nitrogens with zero attached hydrogens (tertiary/aromatic N) is 4. The molecule has 1 fully saturated rings. The van der Waals surface area contributed by atoms with E-state index in [2.05, 4.69) is 15.4 Å². The van der Waals surface area contributed by atoms with Crippen molar-refractivity contribution in [3.05, 3.63) is 59.5 Å². The van der Waals surface area contributed by atoms with Gasteiger partial charge in [-0.05, 0) is 49.6 Å². The quantitative estimate of drug-likeness (QED) is 0.788. The van der Waals surface area contributed by atoms with E-state index in [0.717, 1.165) is 31.5 Å². The summed E-state index contributed by atoms with van der Waals surface area (Å²) < 4.78 is 1.56. The van der Waals surface area contributed by atoms with E-state index in [9.17, 15) is 9.59 Å². The standard InChI is InChI=1S/C19H19N5O2/c1-13-11-14(19(26)23-8-2-3-9-23)5-6-15(13)21-18(25)16-12-17-20-7-4-10-24(17)22-16/h4-7,10-12H,2-3,8-9H2,1H3,(H,21,25). The van der Waals surface area contributed by atoms with Crippen molar-refractivity contribution in [3.8, 4) is 0 Å². The first-order valence-electron chi connectivity index (χ1n) is 8.63. The van der Waals surface area contributed by atoms with Gasteiger partial charge in [-0.15, -0.1) is 0 Å². The highest BCUT2D eigenvalue weighted by Crippen LogP contribution is 2.20. The molecule has 26 heavy (non-hydrogen) atoms. The molecule has 1 aliphatic rings. The molecule has 7 heteroatoms. The first-order chi connectivity index (χ1) is 12.6. The lowest BCUT2D eigenvalue weighted by molar-refractivity contribution is 0.0792. The fourth-order valence-corrected chi connectivity index (χ4v) is 3.17. The van der Waals surface area contributed by atoms with E-state index < -0.39 is 0 Å². The third-order valence-corrected chi connectivity index (χ3v) is 4.58. The van der Waals surface area contributed by atoms with Crippen LogP contribution in [0.5, 0.6) is 0 Å². The molecule has 7 nitrogen and oxygen atoms in total. The number of aromatic nitrogens is 3. The molecule has 1 N–H and O–H groups in total. The number of carbonyl (C=O) groups excluding carboxylic acids is 2. The van der Waals surface area contributed by atoms with Gasteiger partial charge < -0.3 is 10.2 Å². The van der Waals surface area contributed by atoms with Crippen LogP contribution in [0.15, 0.2) is 42.7 Å². The Kier molecular flexibility index (Phi) is 4.12. The van der Waals surface area contributed by atoms with Crippen molar-refractivity contribution in [2.75, 3.05) is 18.4 Å². The van der Waals surface area contributed by atoms with Gasteiger partial charge in [-0.3, -0.25) is 9.59 Å². The van der Waals surface area contributed by atoms with Gasteiger partial charge in [0.2, 0.25) is 0 Å². The Balaban J connectivity index is 1.52. The van der Waals surface area contributed by atoms with Gasteiger partial charge in [0.1, 0.15) is 0 Å². The molecular formula is C19H19N5O2. The van der Waals surface area contributed by atoms with E-state index >= 15 is 0 Å². The van der Waals surface area contributed by atoms with Crippen LogP contribution in [-0.2, 0) is 0 Å². The van der Waals surface area contributed by atoms with E-state index in [1.54, 1.807) is 41.2 Å². The topological polar surface area (TPSA) is 79.6 Å². The molecule has 0 bridgehead atoms. The molecule has 0 aliphatic carbocycles. The van der Waals surface area contributed by atoms with Crippen LogP contribution in [0, 0.1) is 6.92 Å². The van der Waals surface area contributed by atoms with Crippen LogP contribution in [0.2, 0.25) is 0 Å². The van der Waals surface area contributed by atoms with Crippen molar-refractivity contribution in [3.63, 3.8) is 0 Å². The van der Waals surface area contributed by atoms with E-state index in [1.165, 1.54) is 0 Å². The second kappa shape index (κ2) is 6.59. The molecule has 0 radical (unpaired) electrons. The number of anilines is 1. The van der Waals surface area contributed by atoms with Gasteiger partial charge >= 0.3 is 0 Å². The largest absolute Gasteiger partial charge is 0.339 e. The molecule has 1 aromatic carbocycles. The highest BCUT2D eigenvalue weighted by Gasteiger charge is 2.20. The Morgan fingerprint density at radius 3 is 2.69 bits per heavy atom. The maximum absolute atomic E-state index is 12.5. The molecule has 3 heterocycles. The summed E-state index contributed by atoms with van der Waals surface area (Å²) in [5.74, 6) is -0.257. The lowest BCUT2D eigenvalue weighted by Crippen LogP contribution is -2.27. The first-order valence-corrected chi connectivity index (χ1v) is 8.63. The van der Waals surface area contributed by atoms with Crippen LogP contribution in [0.25, 0.3) is 5.65 Å². The predicted octanol–water partition coefficient (Wildman–Crippen LogP) is 2.53. The van der Waals surface area contributed by atoms with Gasteiger partial charge in [-0.2, -0.15) is 5.10 Å². The van der Waals surface area contributed by atoms with E-state index in [0.29, 0.717) is 22.6 Å². The Hall–Kier alpha value is -3.22. The molecule has 1 saturated heterocycles. The number of nitrogens with one attached hydrogen (secondary N) is 1. The lowest BCUT2D eigenvalue weighted by Gasteiger charge is -2.16. The highest BCUT2D eigenvalue weighted by molar-refractivity contribution is 6.04. The first kappa shape index (κ1) is 16.3. The van der Waals surface area contributed by atoms with Gasteiger partial charge in [-0.25, -0.2) is 9.50 Å². The van der Waals surface area contributed by atoms with Crippen LogP contribution >= 0.6 is 0 Å². The van der Waals surface area contributed by atoms with Gasteiger partial charge in [0, 0.05) is 42.8 Å². The molecule has 0 atom stereocenters. The number of aryl methyl sites for hydroxylation is 1. The zero-order chi connectivity index (χ0) is 18.1. The lowest BCUT2D eigenvalue weighted by atomic mass is 10.1. The smallest absolute Gasteiger partial charge is 0.276 e. The highest BCUT2D eigenvalue weighted by atomic mass is 16.2. The number of hydrogen-bond donors (Lipinski definition) is 1. The minimum atomic E-state index is -0.308. The second-order valence-electron chi connectivity index (χ2n) is 6.44. The fraction of sp³-hybridized carbons (Fsp3) is 0.263. The zero-order valence-corrected chi connectivity index (χ0v) is 14.5. The van der Waals surface area contributed by atoms with Crippen molar-refractivity contribution >= 4 is 23.1 Å². The Labute approximate surface area is 150 Å². The van der Waals surface area contributed by atoms with Crippen molar-refractivity contribution in [2.45, 2.75) is 19.8 Å². The van der Waals surface area contributed by atoms with Gasteiger partial charge in [0.25, 0.3) is 11.8 Å². The minimum Gasteiger partial charge on any atom is -0.339 e. The minimum absolute atomic E-state index is 0.0508. The van der Waals surface area contributed by atoms with Gasteiger partial charge in [-0.1, -0.05) is 0 Å². The van der Waals surface area contributed by atoms with Crippen molar-refractivity contribution < 1.29 is 9.59 Å². The summed E-state index contributed by atoms with van der Waals surface area (Å²) in [6.07, 6.45) is 5.52. The Bertz CT molecular complexity index is 956. The molecular weight excluding hydrogens is 330 g/mol. The second-order valence-corrected chi connectivity index (χ2v) is 6.44. The fourth-order valence-electron chi connectivity index (χ4n) is 3.17. The van der Waals surface area contributed by atoms with Gasteiger partial charge in [0.15, 0.2) is 11.3 Å². The SMILES string of the molecule is Cc1cc(C(=O)N2CCCC2)ccc1NC(=O)c1cc2ncccn2n1. The van der Waals surface area contributed by atoms with E-state index in [1.807, 2.05) is 17.9 Å². The third-order valence-electron chi connectivity index (χ3n) is 4.58. The average Bonchev–Trinajstić information content (AvgIpc) is 3.32. The molecule has 132 valence electrons. The molecule has 1 aliphatic heterocycles. The van der Waals surface area contributed by atoms with Crippen molar-refractivity contribution in [1.82, 2.24) is 19.5 Å². The Morgan fingerprint density at radius 2 is 1.96 bits per heavy atom.